The molecule has 0 spiro atoms. The minimum absolute atomic E-state index is 0.116. The summed E-state index contributed by atoms with van der Waals surface area (Å²) in [5, 5.41) is 5.56. The van der Waals surface area contributed by atoms with Gasteiger partial charge in [0, 0.05) is 11.8 Å². The van der Waals surface area contributed by atoms with Gasteiger partial charge in [0.1, 0.15) is 6.04 Å². The zero-order valence-corrected chi connectivity index (χ0v) is 15.6. The van der Waals surface area contributed by atoms with Crippen molar-refractivity contribution in [2.24, 2.45) is 5.92 Å². The summed E-state index contributed by atoms with van der Waals surface area (Å²) >= 11 is 0. The highest BCUT2D eigenvalue weighted by atomic mass is 16.5. The van der Waals surface area contributed by atoms with Crippen molar-refractivity contribution in [1.82, 2.24) is 5.32 Å². The van der Waals surface area contributed by atoms with Crippen molar-refractivity contribution in [2.75, 3.05) is 19.5 Å². The Kier molecular flexibility index (Phi) is 6.27. The fraction of sp³-hybridized carbons (Fsp3) is 0.368. The van der Waals surface area contributed by atoms with Crippen LogP contribution in [0.3, 0.4) is 0 Å². The molecule has 140 valence electrons. The van der Waals surface area contributed by atoms with Gasteiger partial charge in [-0.2, -0.15) is 0 Å². The van der Waals surface area contributed by atoms with Gasteiger partial charge >= 0.3 is 0 Å². The number of hydrogen-bond donors (Lipinski definition) is 2. The minimum atomic E-state index is -0.722. The first-order valence-corrected chi connectivity index (χ1v) is 8.25. The predicted octanol–water partition coefficient (Wildman–Crippen LogP) is 3.00. The van der Waals surface area contributed by atoms with Gasteiger partial charge in [-0.1, -0.05) is 13.8 Å². The molecule has 7 heteroatoms. The maximum Gasteiger partial charge on any atom is 0.287 e. The highest BCUT2D eigenvalue weighted by Crippen LogP contribution is 2.33. The summed E-state index contributed by atoms with van der Waals surface area (Å²) in [6.45, 7) is 5.56. The lowest BCUT2D eigenvalue weighted by atomic mass is 10.0. The molecule has 0 fully saturated rings. The number of amides is 2. The average molecular weight is 360 g/mol. The number of furan rings is 1. The summed E-state index contributed by atoms with van der Waals surface area (Å²) in [4.78, 5) is 24.9. The van der Waals surface area contributed by atoms with Crippen molar-refractivity contribution in [3.63, 3.8) is 0 Å². The molecule has 7 nitrogen and oxygen atoms in total. The summed E-state index contributed by atoms with van der Waals surface area (Å²) < 4.78 is 15.6. The van der Waals surface area contributed by atoms with Gasteiger partial charge < -0.3 is 24.5 Å². The van der Waals surface area contributed by atoms with Crippen LogP contribution in [0.1, 0.15) is 30.0 Å². The monoisotopic (exact) mass is 360 g/mol. The molecule has 1 atom stereocenters. The van der Waals surface area contributed by atoms with Crippen LogP contribution in [0.15, 0.2) is 34.9 Å². The van der Waals surface area contributed by atoms with E-state index in [0.717, 1.165) is 5.56 Å². The van der Waals surface area contributed by atoms with Crippen LogP contribution in [0.5, 0.6) is 11.5 Å². The molecular formula is C19H24N2O5. The second-order valence-corrected chi connectivity index (χ2v) is 6.18. The van der Waals surface area contributed by atoms with Gasteiger partial charge in [-0.05, 0) is 36.6 Å². The van der Waals surface area contributed by atoms with E-state index < -0.39 is 11.9 Å². The van der Waals surface area contributed by atoms with E-state index in [0.29, 0.717) is 17.2 Å². The topological polar surface area (TPSA) is 89.8 Å². The van der Waals surface area contributed by atoms with Crippen LogP contribution in [0, 0.1) is 12.8 Å². The summed E-state index contributed by atoms with van der Waals surface area (Å²) in [6, 6.07) is 5.91. The third kappa shape index (κ3) is 4.36. The van der Waals surface area contributed by atoms with E-state index >= 15 is 0 Å². The first kappa shape index (κ1) is 19.4. The van der Waals surface area contributed by atoms with Gasteiger partial charge in [0.05, 0.1) is 20.5 Å². The highest BCUT2D eigenvalue weighted by molar-refractivity contribution is 6.00. The Morgan fingerprint density at radius 2 is 1.77 bits per heavy atom. The Morgan fingerprint density at radius 3 is 2.31 bits per heavy atom. The van der Waals surface area contributed by atoms with Gasteiger partial charge in [0.15, 0.2) is 17.3 Å². The van der Waals surface area contributed by atoms with Gasteiger partial charge in [0.25, 0.3) is 5.91 Å². The van der Waals surface area contributed by atoms with Crippen molar-refractivity contribution in [3.05, 3.63) is 41.9 Å². The largest absolute Gasteiger partial charge is 0.493 e. The zero-order chi connectivity index (χ0) is 19.3. The standard InChI is InChI=1S/C19H24N2O5/c1-11(2)17(21-18(22)14-7-6-8-26-14)19(23)20-13-10-16(25-5)15(24-4)9-12(13)3/h6-11,17H,1-5H3,(H,20,23)(H,21,22)/t17-/m0/s1. The van der Waals surface area contributed by atoms with Crippen LogP contribution < -0.4 is 20.1 Å². The molecule has 0 aliphatic carbocycles. The molecule has 2 N–H and O–H groups in total. The maximum atomic E-state index is 12.7. The van der Waals surface area contributed by atoms with Gasteiger partial charge in [0.2, 0.25) is 5.91 Å². The lowest BCUT2D eigenvalue weighted by molar-refractivity contribution is -0.118. The first-order valence-electron chi connectivity index (χ1n) is 8.25. The number of benzene rings is 1. The van der Waals surface area contributed by atoms with Crippen molar-refractivity contribution in [1.29, 1.82) is 0 Å². The number of nitrogens with one attached hydrogen (secondary N) is 2. The van der Waals surface area contributed by atoms with E-state index in [-0.39, 0.29) is 17.6 Å². The predicted molar refractivity (Wildman–Crippen MR) is 97.7 cm³/mol. The Bertz CT molecular complexity index is 768. The smallest absolute Gasteiger partial charge is 0.287 e. The number of carbonyl (C=O) groups excluding carboxylic acids is 2. The molecule has 0 aliphatic heterocycles. The number of carbonyl (C=O) groups is 2. The fourth-order valence-electron chi connectivity index (χ4n) is 2.48. The third-order valence-corrected chi connectivity index (χ3v) is 3.97. The molecule has 1 aromatic carbocycles. The van der Waals surface area contributed by atoms with Crippen LogP contribution >= 0.6 is 0 Å². The molecule has 0 saturated carbocycles. The molecule has 0 saturated heterocycles. The number of methoxy groups -OCH3 is 2. The Hall–Kier alpha value is -2.96. The zero-order valence-electron chi connectivity index (χ0n) is 15.6. The van der Waals surface area contributed by atoms with Crippen LogP contribution in [-0.2, 0) is 4.79 Å². The minimum Gasteiger partial charge on any atom is -0.493 e. The molecular weight excluding hydrogens is 336 g/mol. The van der Waals surface area contributed by atoms with E-state index in [4.69, 9.17) is 13.9 Å². The van der Waals surface area contributed by atoms with Crippen molar-refractivity contribution < 1.29 is 23.5 Å². The molecule has 0 aliphatic rings. The fourth-order valence-corrected chi connectivity index (χ4v) is 2.48. The van der Waals surface area contributed by atoms with E-state index in [1.165, 1.54) is 13.4 Å². The summed E-state index contributed by atoms with van der Waals surface area (Å²) in [5.41, 5.74) is 1.40. The van der Waals surface area contributed by atoms with Crippen LogP contribution in [0.25, 0.3) is 0 Å². The normalized spacial score (nSPS) is 11.8. The highest BCUT2D eigenvalue weighted by Gasteiger charge is 2.26. The summed E-state index contributed by atoms with van der Waals surface area (Å²) in [5.74, 6) is 0.367. The number of hydrogen-bond acceptors (Lipinski definition) is 5. The summed E-state index contributed by atoms with van der Waals surface area (Å²) in [7, 11) is 3.08. The number of ether oxygens (including phenoxy) is 2. The van der Waals surface area contributed by atoms with Crippen LogP contribution in [-0.4, -0.2) is 32.1 Å². The molecule has 2 rings (SSSR count). The van der Waals surface area contributed by atoms with E-state index in [1.54, 1.807) is 31.4 Å². The molecule has 26 heavy (non-hydrogen) atoms. The SMILES string of the molecule is COc1cc(C)c(NC(=O)[C@@H](NC(=O)c2ccco2)C(C)C)cc1OC. The summed E-state index contributed by atoms with van der Waals surface area (Å²) in [6.07, 6.45) is 1.41. The Morgan fingerprint density at radius 1 is 1.12 bits per heavy atom. The molecule has 0 radical (unpaired) electrons. The van der Waals surface area contributed by atoms with Crippen LogP contribution in [0.2, 0.25) is 0 Å². The Balaban J connectivity index is 2.18. The van der Waals surface area contributed by atoms with Gasteiger partial charge in [-0.25, -0.2) is 0 Å². The Labute approximate surface area is 152 Å². The third-order valence-electron chi connectivity index (χ3n) is 3.97. The maximum absolute atomic E-state index is 12.7. The van der Waals surface area contributed by atoms with E-state index in [1.807, 2.05) is 20.8 Å². The molecule has 2 amide bonds. The van der Waals surface area contributed by atoms with Gasteiger partial charge in [-0.15, -0.1) is 0 Å². The second kappa shape index (κ2) is 8.42. The number of aryl methyl sites for hydroxylation is 1. The van der Waals surface area contributed by atoms with E-state index in [2.05, 4.69) is 10.6 Å². The molecule has 0 unspecified atom stereocenters. The number of anilines is 1. The van der Waals surface area contributed by atoms with E-state index in [9.17, 15) is 9.59 Å². The second-order valence-electron chi connectivity index (χ2n) is 6.18. The molecule has 0 bridgehead atoms. The lowest BCUT2D eigenvalue weighted by Crippen LogP contribution is -2.47. The van der Waals surface area contributed by atoms with Crippen LogP contribution in [0.4, 0.5) is 5.69 Å². The quantitative estimate of drug-likeness (QED) is 0.792. The first-order chi connectivity index (χ1) is 12.4. The number of rotatable bonds is 7. The van der Waals surface area contributed by atoms with Crippen molar-refractivity contribution in [2.45, 2.75) is 26.8 Å². The average Bonchev–Trinajstić information content (AvgIpc) is 3.15. The lowest BCUT2D eigenvalue weighted by Gasteiger charge is -2.22. The van der Waals surface area contributed by atoms with Crippen molar-refractivity contribution in [3.8, 4) is 11.5 Å². The molecule has 1 aromatic heterocycles. The van der Waals surface area contributed by atoms with Crippen molar-refractivity contribution >= 4 is 17.5 Å². The van der Waals surface area contributed by atoms with Gasteiger partial charge in [-0.3, -0.25) is 9.59 Å². The molecule has 1 heterocycles. The molecule has 2 aromatic rings.